The van der Waals surface area contributed by atoms with E-state index in [0.29, 0.717) is 17.1 Å². The number of imide groups is 1. The van der Waals surface area contributed by atoms with Crippen LogP contribution in [0, 0.1) is 6.92 Å². The predicted molar refractivity (Wildman–Crippen MR) is 126 cm³/mol. The number of hydrogen-bond donors (Lipinski definition) is 1. The number of aryl methyl sites for hydroxylation is 1. The molecule has 4 amide bonds. The van der Waals surface area contributed by atoms with Crippen molar-refractivity contribution in [1.82, 2.24) is 4.90 Å². The van der Waals surface area contributed by atoms with E-state index in [-0.39, 0.29) is 18.9 Å². The number of anilines is 2. The van der Waals surface area contributed by atoms with Crippen LogP contribution in [0.1, 0.15) is 17.5 Å². The second kappa shape index (κ2) is 9.56. The van der Waals surface area contributed by atoms with Gasteiger partial charge in [-0.1, -0.05) is 48.0 Å². The largest absolute Gasteiger partial charge is 0.497 e. The fourth-order valence-electron chi connectivity index (χ4n) is 3.78. The summed E-state index contributed by atoms with van der Waals surface area (Å²) >= 11 is 0. The summed E-state index contributed by atoms with van der Waals surface area (Å²) in [6.45, 7) is 2.13. The second-order valence-corrected chi connectivity index (χ2v) is 7.90. The van der Waals surface area contributed by atoms with E-state index in [1.165, 1.54) is 4.90 Å². The van der Waals surface area contributed by atoms with Crippen molar-refractivity contribution in [2.75, 3.05) is 17.3 Å². The zero-order chi connectivity index (χ0) is 23.4. The van der Waals surface area contributed by atoms with Crippen LogP contribution < -0.4 is 15.0 Å². The Bertz CT molecular complexity index is 1140. The van der Waals surface area contributed by atoms with Crippen LogP contribution in [-0.2, 0) is 16.1 Å². The molecule has 0 spiro atoms. The molecule has 1 aliphatic rings. The fraction of sp³-hybridized carbons (Fsp3) is 0.192. The lowest BCUT2D eigenvalue weighted by Crippen LogP contribution is -2.37. The quantitative estimate of drug-likeness (QED) is 0.550. The number of rotatable bonds is 7. The molecule has 33 heavy (non-hydrogen) atoms. The Morgan fingerprint density at radius 1 is 0.939 bits per heavy atom. The first-order chi connectivity index (χ1) is 16.0. The lowest BCUT2D eigenvalue weighted by molar-refractivity contribution is -0.124. The van der Waals surface area contributed by atoms with E-state index < -0.39 is 18.0 Å². The van der Waals surface area contributed by atoms with E-state index >= 15 is 0 Å². The molecule has 0 saturated carbocycles. The lowest BCUT2D eigenvalue weighted by Gasteiger charge is -2.22. The number of urea groups is 1. The summed E-state index contributed by atoms with van der Waals surface area (Å²) in [6.07, 6.45) is -0.141. The van der Waals surface area contributed by atoms with Crippen molar-refractivity contribution in [3.63, 3.8) is 0 Å². The van der Waals surface area contributed by atoms with Crippen LogP contribution in [0.25, 0.3) is 0 Å². The normalized spacial score (nSPS) is 15.6. The molecule has 7 heteroatoms. The Kier molecular flexibility index (Phi) is 6.40. The highest BCUT2D eigenvalue weighted by molar-refractivity contribution is 6.22. The van der Waals surface area contributed by atoms with Crippen LogP contribution >= 0.6 is 0 Å². The first-order valence-electron chi connectivity index (χ1n) is 10.7. The maximum atomic E-state index is 13.4. The third-order valence-electron chi connectivity index (χ3n) is 5.56. The molecule has 4 rings (SSSR count). The molecule has 168 valence electrons. The molecular weight excluding hydrogens is 418 g/mol. The maximum absolute atomic E-state index is 13.4. The topological polar surface area (TPSA) is 79.0 Å². The minimum Gasteiger partial charge on any atom is -0.497 e. The molecule has 0 aromatic heterocycles. The van der Waals surface area contributed by atoms with Gasteiger partial charge in [0.25, 0.3) is 5.91 Å². The van der Waals surface area contributed by atoms with Gasteiger partial charge in [0.05, 0.1) is 19.2 Å². The van der Waals surface area contributed by atoms with Gasteiger partial charge in [-0.15, -0.1) is 0 Å². The summed E-state index contributed by atoms with van der Waals surface area (Å²) in [6, 6.07) is 22.1. The van der Waals surface area contributed by atoms with Crippen LogP contribution in [0.15, 0.2) is 78.9 Å². The average molecular weight is 444 g/mol. The van der Waals surface area contributed by atoms with Crippen molar-refractivity contribution in [3.05, 3.63) is 90.0 Å². The summed E-state index contributed by atoms with van der Waals surface area (Å²) in [7, 11) is 1.58. The van der Waals surface area contributed by atoms with E-state index in [4.69, 9.17) is 4.74 Å². The summed E-state index contributed by atoms with van der Waals surface area (Å²) in [5, 5.41) is 2.80. The number of hydrogen-bond acceptors (Lipinski definition) is 4. The van der Waals surface area contributed by atoms with E-state index in [9.17, 15) is 14.4 Å². The Morgan fingerprint density at radius 2 is 1.61 bits per heavy atom. The van der Waals surface area contributed by atoms with E-state index in [1.807, 2.05) is 49.4 Å². The van der Waals surface area contributed by atoms with Gasteiger partial charge in [0.2, 0.25) is 5.91 Å². The number of methoxy groups -OCH3 is 1. The third kappa shape index (κ3) is 4.87. The molecule has 1 aliphatic heterocycles. The summed E-state index contributed by atoms with van der Waals surface area (Å²) in [5.41, 5.74) is 2.97. The van der Waals surface area contributed by atoms with Gasteiger partial charge in [-0.2, -0.15) is 0 Å². The summed E-state index contributed by atoms with van der Waals surface area (Å²) in [4.78, 5) is 42.1. The van der Waals surface area contributed by atoms with Crippen LogP contribution in [0.4, 0.5) is 16.2 Å². The highest BCUT2D eigenvalue weighted by Gasteiger charge is 2.46. The zero-order valence-corrected chi connectivity index (χ0v) is 18.5. The molecule has 1 atom stereocenters. The SMILES string of the molecule is COc1ccc(CN2C(=O)N(c3ccc(C)cc3)C(=O)[C@H]2CC(=O)Nc2ccccc2)cc1. The van der Waals surface area contributed by atoms with Gasteiger partial charge in [0.15, 0.2) is 0 Å². The van der Waals surface area contributed by atoms with E-state index in [0.717, 1.165) is 16.0 Å². The molecule has 3 aromatic rings. The smallest absolute Gasteiger partial charge is 0.332 e. The Balaban J connectivity index is 1.60. The van der Waals surface area contributed by atoms with Crippen LogP contribution in [0.5, 0.6) is 5.75 Å². The molecule has 1 heterocycles. The van der Waals surface area contributed by atoms with Crippen LogP contribution in [-0.4, -0.2) is 35.9 Å². The number of carbonyl (C=O) groups is 3. The van der Waals surface area contributed by atoms with Gasteiger partial charge in [-0.05, 0) is 48.9 Å². The third-order valence-corrected chi connectivity index (χ3v) is 5.56. The minimum absolute atomic E-state index is 0.141. The number of para-hydroxylation sites is 1. The number of benzene rings is 3. The number of nitrogens with zero attached hydrogens (tertiary/aromatic N) is 2. The Labute approximate surface area is 192 Å². The molecule has 0 radical (unpaired) electrons. The Morgan fingerprint density at radius 3 is 2.24 bits per heavy atom. The molecule has 3 aromatic carbocycles. The number of carbonyl (C=O) groups excluding carboxylic acids is 3. The van der Waals surface area contributed by atoms with Gasteiger partial charge >= 0.3 is 6.03 Å². The van der Waals surface area contributed by atoms with Gasteiger partial charge in [0.1, 0.15) is 11.8 Å². The highest BCUT2D eigenvalue weighted by Crippen LogP contribution is 2.29. The molecule has 0 bridgehead atoms. The van der Waals surface area contributed by atoms with Crippen LogP contribution in [0.2, 0.25) is 0 Å². The number of ether oxygens (including phenoxy) is 1. The molecule has 1 fully saturated rings. The molecule has 1 N–H and O–H groups in total. The summed E-state index contributed by atoms with van der Waals surface area (Å²) < 4.78 is 5.20. The minimum atomic E-state index is -0.912. The van der Waals surface area contributed by atoms with Gasteiger partial charge in [-0.3, -0.25) is 9.59 Å². The van der Waals surface area contributed by atoms with Gasteiger partial charge in [-0.25, -0.2) is 9.69 Å². The van der Waals surface area contributed by atoms with Crippen molar-refractivity contribution < 1.29 is 19.1 Å². The number of amides is 4. The van der Waals surface area contributed by atoms with E-state index in [2.05, 4.69) is 5.32 Å². The molecular formula is C26H25N3O4. The molecule has 0 unspecified atom stereocenters. The van der Waals surface area contributed by atoms with E-state index in [1.54, 1.807) is 43.5 Å². The lowest BCUT2D eigenvalue weighted by atomic mass is 10.1. The molecule has 7 nitrogen and oxygen atoms in total. The molecule has 0 aliphatic carbocycles. The zero-order valence-electron chi connectivity index (χ0n) is 18.5. The van der Waals surface area contributed by atoms with Crippen molar-refractivity contribution in [3.8, 4) is 5.75 Å². The maximum Gasteiger partial charge on any atom is 0.332 e. The second-order valence-electron chi connectivity index (χ2n) is 7.90. The van der Waals surface area contributed by atoms with Gasteiger partial charge < -0.3 is 15.0 Å². The monoisotopic (exact) mass is 443 g/mol. The Hall–Kier alpha value is -4.13. The first kappa shape index (κ1) is 22.1. The molecule has 1 saturated heterocycles. The average Bonchev–Trinajstić information content (AvgIpc) is 3.05. The fourth-order valence-corrected chi connectivity index (χ4v) is 3.78. The summed E-state index contributed by atoms with van der Waals surface area (Å²) in [5.74, 6) is -0.0546. The van der Waals surface area contributed by atoms with Crippen molar-refractivity contribution in [1.29, 1.82) is 0 Å². The van der Waals surface area contributed by atoms with Crippen molar-refractivity contribution in [2.24, 2.45) is 0 Å². The predicted octanol–water partition coefficient (Wildman–Crippen LogP) is 4.37. The van der Waals surface area contributed by atoms with Crippen molar-refractivity contribution in [2.45, 2.75) is 25.9 Å². The number of nitrogens with one attached hydrogen (secondary N) is 1. The first-order valence-corrected chi connectivity index (χ1v) is 10.7. The highest BCUT2D eigenvalue weighted by atomic mass is 16.5. The van der Waals surface area contributed by atoms with Gasteiger partial charge in [0, 0.05) is 12.2 Å². The standard InChI is InChI=1S/C26H25N3O4/c1-18-8-12-21(13-9-18)29-25(31)23(16-24(30)27-20-6-4-3-5-7-20)28(26(29)32)17-19-10-14-22(33-2)15-11-19/h3-15,23H,16-17H2,1-2H3,(H,27,30)/t23-/m1/s1. The van der Waals surface area contributed by atoms with Crippen LogP contribution in [0.3, 0.4) is 0 Å². The van der Waals surface area contributed by atoms with Crippen molar-refractivity contribution >= 4 is 29.2 Å².